The second kappa shape index (κ2) is 11.1. The number of carboxylic acid groups (broad SMARTS) is 1. The molecule has 0 rings (SSSR count). The highest BCUT2D eigenvalue weighted by Crippen LogP contribution is 2.19. The van der Waals surface area contributed by atoms with Gasteiger partial charge in [0.25, 0.3) is 0 Å². The molecular weight excluding hydrogens is 337 g/mol. The molecule has 10 heteroatoms. The quantitative estimate of drug-likeness (QED) is 0.312. The van der Waals surface area contributed by atoms with Crippen LogP contribution >= 0.6 is 7.80 Å². The average molecular weight is 364 g/mol. The molecule has 0 aromatic heterocycles. The molecule has 1 unspecified atom stereocenters. The van der Waals surface area contributed by atoms with Gasteiger partial charge in [-0.15, -0.1) is 0 Å². The first kappa shape index (κ1) is 22.4. The number of aliphatic hydroxyl groups excluding tert-OH is 1. The van der Waals surface area contributed by atoms with Gasteiger partial charge < -0.3 is 26.6 Å². The number of aliphatic hydroxyl groups is 1. The third-order valence-electron chi connectivity index (χ3n) is 3.71. The molecule has 6 N–H and O–H groups in total. The molecule has 0 aliphatic rings. The first-order chi connectivity index (χ1) is 11.1. The zero-order chi connectivity index (χ0) is 18.9. The topological polar surface area (TPSA) is 159 Å². The van der Waals surface area contributed by atoms with Crippen molar-refractivity contribution >= 4 is 25.6 Å². The van der Waals surface area contributed by atoms with Crippen molar-refractivity contribution in [3.05, 3.63) is 0 Å². The number of nitrogens with two attached hydrogens (primary N) is 1. The molecule has 9 nitrogen and oxygen atoms in total. The minimum Gasteiger partial charge on any atom is -0.480 e. The first-order valence-corrected chi connectivity index (χ1v) is 9.39. The molecular formula is C14H27N3O6P+. The fourth-order valence-electron chi connectivity index (χ4n) is 1.83. The molecule has 0 heterocycles. The highest BCUT2D eigenvalue weighted by molar-refractivity contribution is 7.44. The number of aliphatic carboxylic acids is 1. The van der Waals surface area contributed by atoms with Crippen LogP contribution in [0.25, 0.3) is 0 Å². The number of carboxylic acids is 1. The van der Waals surface area contributed by atoms with Crippen LogP contribution < -0.4 is 16.4 Å². The van der Waals surface area contributed by atoms with Gasteiger partial charge in [0.15, 0.2) is 6.16 Å². The molecule has 0 saturated heterocycles. The standard InChI is InChI=1S/C14H26N3O6P/c1-4-8(2)11(14(21)22)17-12(19)9(3)16-13(20)10(15)5-6-24(23)7-18/h8-11,18H,4-7,15H2,1-3H3,(H2-,16,17,19,20,21,22)/p+1/t8-,9-,10-,11-/m0/s1. The molecule has 0 aromatic carbocycles. The van der Waals surface area contributed by atoms with Gasteiger partial charge in [-0.05, 0) is 12.8 Å². The van der Waals surface area contributed by atoms with E-state index in [4.69, 9.17) is 15.9 Å². The largest absolute Gasteiger partial charge is 0.480 e. The SMILES string of the molecule is CC[C@H](C)[C@H](NC(=O)[C@H](C)NC(=O)[C@@H](N)CC[P+](=O)CO)C(=O)O. The van der Waals surface area contributed by atoms with Crippen molar-refractivity contribution in [2.75, 3.05) is 12.5 Å². The molecule has 0 spiro atoms. The van der Waals surface area contributed by atoms with Crippen molar-refractivity contribution in [2.45, 2.75) is 51.7 Å². The van der Waals surface area contributed by atoms with Gasteiger partial charge in [0.2, 0.25) is 18.2 Å². The highest BCUT2D eigenvalue weighted by atomic mass is 31.1. The summed E-state index contributed by atoms with van der Waals surface area (Å²) in [7, 11) is -1.80. The van der Waals surface area contributed by atoms with Crippen LogP contribution in [0.4, 0.5) is 0 Å². The van der Waals surface area contributed by atoms with Crippen LogP contribution in [0, 0.1) is 5.92 Å². The van der Waals surface area contributed by atoms with Gasteiger partial charge >= 0.3 is 13.8 Å². The van der Waals surface area contributed by atoms with Gasteiger partial charge in [0.05, 0.1) is 6.04 Å². The van der Waals surface area contributed by atoms with E-state index in [1.54, 1.807) is 6.92 Å². The minimum absolute atomic E-state index is 0.107. The van der Waals surface area contributed by atoms with E-state index in [0.717, 1.165) is 0 Å². The molecule has 0 aliphatic heterocycles. The Kier molecular flexibility index (Phi) is 10.3. The Balaban J connectivity index is 4.54. The molecule has 0 saturated carbocycles. The van der Waals surface area contributed by atoms with E-state index in [2.05, 4.69) is 10.6 Å². The van der Waals surface area contributed by atoms with Gasteiger partial charge in [-0.1, -0.05) is 24.8 Å². The molecule has 138 valence electrons. The average Bonchev–Trinajstić information content (AvgIpc) is 2.55. The molecule has 0 radical (unpaired) electrons. The number of hydrogen-bond donors (Lipinski definition) is 5. The number of rotatable bonds is 11. The van der Waals surface area contributed by atoms with Gasteiger partial charge in [0.1, 0.15) is 12.1 Å². The number of nitrogens with one attached hydrogen (secondary N) is 2. The normalized spacial score (nSPS) is 16.5. The van der Waals surface area contributed by atoms with Crippen LogP contribution in [0.2, 0.25) is 0 Å². The van der Waals surface area contributed by atoms with Crippen molar-refractivity contribution in [2.24, 2.45) is 11.7 Å². The summed E-state index contributed by atoms with van der Waals surface area (Å²) in [5.74, 6) is -2.62. The third kappa shape index (κ3) is 7.81. The second-order valence-corrected chi connectivity index (χ2v) is 7.38. The second-order valence-electron chi connectivity index (χ2n) is 5.68. The number of amides is 2. The maximum Gasteiger partial charge on any atom is 0.366 e. The molecule has 0 aromatic rings. The van der Waals surface area contributed by atoms with E-state index in [9.17, 15) is 18.9 Å². The Labute approximate surface area is 142 Å². The summed E-state index contributed by atoms with van der Waals surface area (Å²) in [4.78, 5) is 35.1. The zero-order valence-electron chi connectivity index (χ0n) is 14.2. The molecule has 24 heavy (non-hydrogen) atoms. The fraction of sp³-hybridized carbons (Fsp3) is 0.786. The summed E-state index contributed by atoms with van der Waals surface area (Å²) in [5, 5.41) is 22.6. The van der Waals surface area contributed by atoms with Gasteiger partial charge in [-0.3, -0.25) is 9.59 Å². The van der Waals surface area contributed by atoms with Crippen molar-refractivity contribution in [3.63, 3.8) is 0 Å². The lowest BCUT2D eigenvalue weighted by atomic mass is 9.99. The van der Waals surface area contributed by atoms with Crippen LogP contribution in [0.5, 0.6) is 0 Å². The van der Waals surface area contributed by atoms with Gasteiger partial charge in [0, 0.05) is 6.42 Å². The van der Waals surface area contributed by atoms with E-state index in [1.807, 2.05) is 6.92 Å². The predicted molar refractivity (Wildman–Crippen MR) is 88.8 cm³/mol. The van der Waals surface area contributed by atoms with Gasteiger partial charge in [-0.25, -0.2) is 4.79 Å². The summed E-state index contributed by atoms with van der Waals surface area (Å²) in [6, 6.07) is -2.96. The summed E-state index contributed by atoms with van der Waals surface area (Å²) in [6.07, 6.45) is 0.331. The van der Waals surface area contributed by atoms with Crippen LogP contribution in [-0.2, 0) is 18.9 Å². The minimum atomic E-state index is -1.80. The summed E-state index contributed by atoms with van der Waals surface area (Å²) < 4.78 is 11.1. The van der Waals surface area contributed by atoms with Crippen molar-refractivity contribution in [1.29, 1.82) is 0 Å². The maximum atomic E-state index is 12.0. The predicted octanol–water partition coefficient (Wildman–Crippen LogP) is -0.399. The molecule has 0 bridgehead atoms. The lowest BCUT2D eigenvalue weighted by Crippen LogP contribution is -2.54. The van der Waals surface area contributed by atoms with Crippen LogP contribution in [-0.4, -0.2) is 58.6 Å². The molecule has 5 atom stereocenters. The lowest BCUT2D eigenvalue weighted by Gasteiger charge is -2.23. The van der Waals surface area contributed by atoms with E-state index >= 15 is 0 Å². The Hall–Kier alpha value is -1.57. The van der Waals surface area contributed by atoms with Crippen LogP contribution in [0.15, 0.2) is 0 Å². The van der Waals surface area contributed by atoms with Crippen molar-refractivity contribution in [1.82, 2.24) is 10.6 Å². The summed E-state index contributed by atoms with van der Waals surface area (Å²) in [6.45, 7) is 4.94. The van der Waals surface area contributed by atoms with E-state index in [0.29, 0.717) is 6.42 Å². The monoisotopic (exact) mass is 364 g/mol. The Morgan fingerprint density at radius 3 is 2.21 bits per heavy atom. The Morgan fingerprint density at radius 1 is 1.17 bits per heavy atom. The number of hydrogen-bond acceptors (Lipinski definition) is 6. The van der Waals surface area contributed by atoms with Crippen molar-refractivity contribution < 1.29 is 29.2 Å². The van der Waals surface area contributed by atoms with Gasteiger partial charge in [-0.2, -0.15) is 0 Å². The fourth-order valence-corrected chi connectivity index (χ4v) is 2.54. The molecule has 0 fully saturated rings. The molecule has 2 amide bonds. The van der Waals surface area contributed by atoms with Crippen molar-refractivity contribution in [3.8, 4) is 0 Å². The Bertz CT molecular complexity index is 473. The number of carbonyl (C=O) groups is 3. The van der Waals surface area contributed by atoms with E-state index in [1.165, 1.54) is 6.92 Å². The highest BCUT2D eigenvalue weighted by Gasteiger charge is 2.28. The maximum absolute atomic E-state index is 12.0. The lowest BCUT2D eigenvalue weighted by molar-refractivity contribution is -0.143. The molecule has 0 aliphatic carbocycles. The van der Waals surface area contributed by atoms with Crippen LogP contribution in [0.3, 0.4) is 0 Å². The smallest absolute Gasteiger partial charge is 0.366 e. The zero-order valence-corrected chi connectivity index (χ0v) is 15.1. The first-order valence-electron chi connectivity index (χ1n) is 7.76. The Morgan fingerprint density at radius 2 is 1.75 bits per heavy atom. The number of carbonyl (C=O) groups excluding carboxylic acids is 2. The van der Waals surface area contributed by atoms with E-state index < -0.39 is 50.1 Å². The van der Waals surface area contributed by atoms with Crippen LogP contribution in [0.1, 0.15) is 33.6 Å². The van der Waals surface area contributed by atoms with E-state index in [-0.39, 0.29) is 18.5 Å². The third-order valence-corrected chi connectivity index (χ3v) is 4.79. The summed E-state index contributed by atoms with van der Waals surface area (Å²) in [5.41, 5.74) is 5.64. The summed E-state index contributed by atoms with van der Waals surface area (Å²) >= 11 is 0.